The van der Waals surface area contributed by atoms with Gasteiger partial charge in [-0.15, -0.1) is 34.3 Å². The van der Waals surface area contributed by atoms with Crippen LogP contribution in [0.2, 0.25) is 0 Å². The molecule has 2 aromatic rings. The van der Waals surface area contributed by atoms with Gasteiger partial charge in [-0.3, -0.25) is 23.7 Å². The number of thiazole rings is 1. The van der Waals surface area contributed by atoms with E-state index in [-0.39, 0.29) is 27.4 Å². The summed E-state index contributed by atoms with van der Waals surface area (Å²) >= 11 is 7.70. The van der Waals surface area contributed by atoms with Crippen LogP contribution < -0.4 is 10.6 Å². The van der Waals surface area contributed by atoms with Gasteiger partial charge in [0.2, 0.25) is 5.91 Å². The number of aromatic nitrogens is 1. The third kappa shape index (κ3) is 6.55. The molecule has 18 heteroatoms. The molecule has 0 saturated carbocycles. The minimum Gasteiger partial charge on any atom is -0.463 e. The molecule has 0 spiro atoms. The van der Waals surface area contributed by atoms with Gasteiger partial charge < -0.3 is 20.2 Å². The van der Waals surface area contributed by atoms with Crippen LogP contribution in [-0.2, 0) is 45.5 Å². The van der Waals surface area contributed by atoms with Gasteiger partial charge in [-0.05, 0) is 11.4 Å². The Morgan fingerprint density at radius 1 is 1.33 bits per heavy atom. The van der Waals surface area contributed by atoms with Gasteiger partial charge in [-0.2, -0.15) is 8.42 Å². The van der Waals surface area contributed by atoms with E-state index < -0.39 is 58.4 Å². The highest BCUT2D eigenvalue weighted by atomic mass is 35.5. The Labute approximate surface area is 217 Å². The Hall–Kier alpha value is -3.12. The lowest BCUT2D eigenvalue weighted by molar-refractivity contribution is -0.155. The average molecular weight is 580 g/mol. The maximum Gasteiger partial charge on any atom is 0.362 e. The van der Waals surface area contributed by atoms with Crippen LogP contribution in [0.4, 0.5) is 5.13 Å². The lowest BCUT2D eigenvalue weighted by atomic mass is 9.99. The molecule has 1 aliphatic heterocycles. The predicted octanol–water partition coefficient (Wildman–Crippen LogP) is 0.0167. The number of halogens is 1. The van der Waals surface area contributed by atoms with Crippen molar-refractivity contribution in [2.24, 2.45) is 5.16 Å². The zero-order valence-electron chi connectivity index (χ0n) is 18.2. The van der Waals surface area contributed by atoms with Crippen LogP contribution in [0.1, 0.15) is 10.6 Å². The molecule has 1 saturated heterocycles. The number of alkyl halides is 1. The van der Waals surface area contributed by atoms with Crippen LogP contribution >= 0.6 is 34.3 Å². The third-order valence-corrected chi connectivity index (χ3v) is 7.36. The van der Waals surface area contributed by atoms with Crippen molar-refractivity contribution in [3.05, 3.63) is 33.5 Å². The standard InChI is InChI=1S/C18H18ClN5O9S3/c1-32-23-14(10-8-35-18(20-10)21-12(25)6-19)16(27)22-15-11(24(17(15)28)36(29,30)31)7-33-13(26)5-9-3-2-4-34-9/h2-4,8,11,15H,5-7H2,1H3,(H,22,27)(H,20,21,25)(H,29,30,31). The van der Waals surface area contributed by atoms with E-state index in [2.05, 4.69) is 25.6 Å². The van der Waals surface area contributed by atoms with Gasteiger partial charge in [0, 0.05) is 10.3 Å². The molecule has 3 N–H and O–H groups in total. The number of thiophene rings is 1. The summed E-state index contributed by atoms with van der Waals surface area (Å²) in [5.41, 5.74) is -0.423. The SMILES string of the molecule is CON=C(C(=O)NC1C(=O)N(S(=O)(=O)O)C1COC(=O)Cc1cccs1)c1csc(NC(=O)CCl)n1. The molecule has 3 rings (SSSR count). The highest BCUT2D eigenvalue weighted by Crippen LogP contribution is 2.25. The quantitative estimate of drug-likeness (QED) is 0.0815. The molecule has 36 heavy (non-hydrogen) atoms. The lowest BCUT2D eigenvalue weighted by Gasteiger charge is -2.43. The zero-order valence-corrected chi connectivity index (χ0v) is 21.4. The monoisotopic (exact) mass is 579 g/mol. The molecule has 2 atom stereocenters. The zero-order chi connectivity index (χ0) is 26.5. The first-order valence-corrected chi connectivity index (χ1v) is 13.5. The topological polar surface area (TPSA) is 194 Å². The maximum atomic E-state index is 12.9. The first kappa shape index (κ1) is 27.5. The van der Waals surface area contributed by atoms with Gasteiger partial charge in [0.25, 0.3) is 11.8 Å². The van der Waals surface area contributed by atoms with Crippen LogP contribution in [0.25, 0.3) is 0 Å². The Bertz CT molecular complexity index is 1280. The number of amides is 3. The smallest absolute Gasteiger partial charge is 0.362 e. The molecule has 0 aromatic carbocycles. The summed E-state index contributed by atoms with van der Waals surface area (Å²) in [7, 11) is -3.84. The molecule has 3 heterocycles. The van der Waals surface area contributed by atoms with Gasteiger partial charge in [0.1, 0.15) is 37.4 Å². The number of ether oxygens (including phenoxy) is 1. The minimum atomic E-state index is -5.00. The molecule has 1 fully saturated rings. The van der Waals surface area contributed by atoms with E-state index in [0.717, 1.165) is 18.4 Å². The van der Waals surface area contributed by atoms with E-state index in [0.29, 0.717) is 4.88 Å². The molecule has 0 bridgehead atoms. The van der Waals surface area contributed by atoms with Crippen LogP contribution in [-0.4, -0.2) is 83.3 Å². The largest absolute Gasteiger partial charge is 0.463 e. The van der Waals surface area contributed by atoms with Crippen LogP contribution in [0.5, 0.6) is 0 Å². The van der Waals surface area contributed by atoms with Crippen molar-refractivity contribution in [3.8, 4) is 0 Å². The van der Waals surface area contributed by atoms with Crippen LogP contribution in [0, 0.1) is 0 Å². The number of hydrogen-bond acceptors (Lipinski definition) is 12. The Morgan fingerprint density at radius 3 is 2.69 bits per heavy atom. The number of β-lactam (4-membered cyclic amide) rings is 1. The molecular weight excluding hydrogens is 562 g/mol. The Morgan fingerprint density at radius 2 is 2.08 bits per heavy atom. The number of carbonyl (C=O) groups excluding carboxylic acids is 4. The maximum absolute atomic E-state index is 12.9. The number of rotatable bonds is 11. The molecule has 3 amide bonds. The highest BCUT2D eigenvalue weighted by Gasteiger charge is 2.55. The van der Waals surface area contributed by atoms with Gasteiger partial charge >= 0.3 is 16.3 Å². The van der Waals surface area contributed by atoms with Crippen LogP contribution in [0.15, 0.2) is 28.0 Å². The summed E-state index contributed by atoms with van der Waals surface area (Å²) in [6.45, 7) is -0.622. The number of nitrogens with one attached hydrogen (secondary N) is 2. The van der Waals surface area contributed by atoms with Gasteiger partial charge in [-0.25, -0.2) is 9.29 Å². The summed E-state index contributed by atoms with van der Waals surface area (Å²) in [6, 6.07) is 0.542. The fourth-order valence-corrected chi connectivity index (χ4v) is 5.34. The molecule has 0 radical (unpaired) electrons. The summed E-state index contributed by atoms with van der Waals surface area (Å²) < 4.78 is 37.9. The second-order valence-corrected chi connectivity index (χ2v) is 10.4. The first-order valence-electron chi connectivity index (χ1n) is 9.77. The van der Waals surface area contributed by atoms with Crippen molar-refractivity contribution in [1.29, 1.82) is 0 Å². The minimum absolute atomic E-state index is 0.0263. The van der Waals surface area contributed by atoms with Crippen molar-refractivity contribution in [3.63, 3.8) is 0 Å². The van der Waals surface area contributed by atoms with Crippen molar-refractivity contribution >= 4 is 79.1 Å². The van der Waals surface area contributed by atoms with Crippen molar-refractivity contribution in [2.45, 2.75) is 18.5 Å². The average Bonchev–Trinajstić information content (AvgIpc) is 3.49. The summed E-state index contributed by atoms with van der Waals surface area (Å²) in [5.74, 6) is -3.69. The molecular formula is C18H18ClN5O9S3. The number of hydrogen-bond donors (Lipinski definition) is 3. The van der Waals surface area contributed by atoms with Crippen molar-refractivity contribution in [2.75, 3.05) is 24.9 Å². The molecule has 194 valence electrons. The summed E-state index contributed by atoms with van der Waals surface area (Å²) in [6.07, 6.45) is -0.0850. The number of carbonyl (C=O) groups is 4. The molecule has 1 aliphatic rings. The fraction of sp³-hybridized carbons (Fsp3) is 0.333. The fourth-order valence-electron chi connectivity index (χ4n) is 3.01. The number of nitrogens with zero attached hydrogens (tertiary/aromatic N) is 3. The number of oxime groups is 1. The molecule has 2 aromatic heterocycles. The van der Waals surface area contributed by atoms with Crippen molar-refractivity contribution in [1.82, 2.24) is 14.6 Å². The Balaban J connectivity index is 1.72. The molecule has 2 unspecified atom stereocenters. The molecule has 14 nitrogen and oxygen atoms in total. The third-order valence-electron chi connectivity index (χ3n) is 4.53. The van der Waals surface area contributed by atoms with E-state index >= 15 is 0 Å². The normalized spacial score (nSPS) is 17.8. The predicted molar refractivity (Wildman–Crippen MR) is 128 cm³/mol. The van der Waals surface area contributed by atoms with E-state index in [9.17, 15) is 32.1 Å². The first-order chi connectivity index (χ1) is 17.0. The van der Waals surface area contributed by atoms with Gasteiger partial charge in [0.15, 0.2) is 10.8 Å². The van der Waals surface area contributed by atoms with Gasteiger partial charge in [-0.1, -0.05) is 11.2 Å². The summed E-state index contributed by atoms with van der Waals surface area (Å²) in [4.78, 5) is 58.2. The van der Waals surface area contributed by atoms with Gasteiger partial charge in [0.05, 0.1) is 6.42 Å². The number of esters is 1. The van der Waals surface area contributed by atoms with E-state index in [1.807, 2.05) is 0 Å². The molecule has 0 aliphatic carbocycles. The number of anilines is 1. The van der Waals surface area contributed by atoms with E-state index in [1.54, 1.807) is 17.5 Å². The second kappa shape index (κ2) is 11.7. The Kier molecular flexibility index (Phi) is 8.96. The second-order valence-electron chi connectivity index (χ2n) is 6.91. The highest BCUT2D eigenvalue weighted by molar-refractivity contribution is 7.84. The summed E-state index contributed by atoms with van der Waals surface area (Å²) in [5, 5.41) is 11.5. The lowest BCUT2D eigenvalue weighted by Crippen LogP contribution is -2.73. The van der Waals surface area contributed by atoms with E-state index in [4.69, 9.17) is 16.3 Å². The van der Waals surface area contributed by atoms with E-state index in [1.165, 1.54) is 16.7 Å². The van der Waals surface area contributed by atoms with Crippen molar-refractivity contribution < 1.29 is 41.7 Å². The van der Waals surface area contributed by atoms with Crippen LogP contribution in [0.3, 0.4) is 0 Å².